The van der Waals surface area contributed by atoms with Gasteiger partial charge in [0, 0.05) is 18.9 Å². The zero-order chi connectivity index (χ0) is 17.9. The fraction of sp³-hybridized carbons (Fsp3) is 0.389. The molecule has 0 saturated carbocycles. The molecule has 1 amide bonds. The summed E-state index contributed by atoms with van der Waals surface area (Å²) in [7, 11) is 1.78. The van der Waals surface area contributed by atoms with Gasteiger partial charge in [0.25, 0.3) is 0 Å². The van der Waals surface area contributed by atoms with E-state index in [2.05, 4.69) is 10.4 Å². The lowest BCUT2D eigenvalue weighted by molar-refractivity contribution is -0.115. The molecular formula is C18H23N3O3. The normalized spacial score (nSPS) is 11.2. The number of hydrogen-bond donors (Lipinski definition) is 1. The van der Waals surface area contributed by atoms with Gasteiger partial charge in [-0.3, -0.25) is 9.48 Å². The van der Waals surface area contributed by atoms with Crippen LogP contribution in [0.5, 0.6) is 0 Å². The molecule has 0 unspecified atom stereocenters. The first-order valence-electron chi connectivity index (χ1n) is 7.77. The molecule has 0 aliphatic carbocycles. The topological polar surface area (TPSA) is 73.2 Å². The number of nitrogens with one attached hydrogen (secondary N) is 1. The molecule has 0 atom stereocenters. The van der Waals surface area contributed by atoms with E-state index in [0.29, 0.717) is 11.3 Å². The first kappa shape index (κ1) is 17.7. The molecule has 6 nitrogen and oxygen atoms in total. The van der Waals surface area contributed by atoms with Gasteiger partial charge in [0.15, 0.2) is 0 Å². The maximum atomic E-state index is 12.4. The number of amides is 1. The van der Waals surface area contributed by atoms with Crippen LogP contribution in [-0.2, 0) is 23.0 Å². The zero-order valence-corrected chi connectivity index (χ0v) is 14.7. The molecule has 1 aromatic carbocycles. The number of benzene rings is 1. The fourth-order valence-corrected chi connectivity index (χ4v) is 2.26. The average molecular weight is 329 g/mol. The fourth-order valence-electron chi connectivity index (χ4n) is 2.26. The highest BCUT2D eigenvalue weighted by atomic mass is 16.6. The number of aryl methyl sites for hydroxylation is 2. The van der Waals surface area contributed by atoms with E-state index >= 15 is 0 Å². The van der Waals surface area contributed by atoms with Crippen molar-refractivity contribution >= 4 is 17.6 Å². The summed E-state index contributed by atoms with van der Waals surface area (Å²) in [4.78, 5) is 24.7. The van der Waals surface area contributed by atoms with Crippen molar-refractivity contribution in [1.82, 2.24) is 9.78 Å². The van der Waals surface area contributed by atoms with E-state index in [1.165, 1.54) is 0 Å². The largest absolute Gasteiger partial charge is 0.456 e. The lowest BCUT2D eigenvalue weighted by Gasteiger charge is -2.21. The predicted octanol–water partition coefficient (Wildman–Crippen LogP) is 2.87. The zero-order valence-electron chi connectivity index (χ0n) is 14.7. The number of para-hydroxylation sites is 1. The Hall–Kier alpha value is -2.63. The molecular weight excluding hydrogens is 306 g/mol. The van der Waals surface area contributed by atoms with Crippen LogP contribution >= 0.6 is 0 Å². The summed E-state index contributed by atoms with van der Waals surface area (Å²) in [6.45, 7) is 7.26. The average Bonchev–Trinajstić information content (AvgIpc) is 2.84. The maximum Gasteiger partial charge on any atom is 0.340 e. The van der Waals surface area contributed by atoms with E-state index in [1.54, 1.807) is 56.9 Å². The third kappa shape index (κ3) is 4.44. The van der Waals surface area contributed by atoms with Gasteiger partial charge in [-0.25, -0.2) is 4.79 Å². The molecule has 0 aliphatic rings. The summed E-state index contributed by atoms with van der Waals surface area (Å²) in [5.74, 6) is -0.667. The Morgan fingerprint density at radius 3 is 2.54 bits per heavy atom. The van der Waals surface area contributed by atoms with Crippen molar-refractivity contribution in [1.29, 1.82) is 0 Å². The Labute approximate surface area is 141 Å². The molecule has 1 aromatic heterocycles. The SMILES string of the molecule is Cc1cccc(C(=O)OC(C)(C)C)c1NC(=O)Cc1ccnn1C. The van der Waals surface area contributed by atoms with Crippen molar-refractivity contribution in [3.05, 3.63) is 47.3 Å². The molecule has 0 aliphatic heterocycles. The van der Waals surface area contributed by atoms with Gasteiger partial charge in [-0.1, -0.05) is 12.1 Å². The van der Waals surface area contributed by atoms with E-state index in [4.69, 9.17) is 4.74 Å². The summed E-state index contributed by atoms with van der Waals surface area (Å²) in [5.41, 5.74) is 1.83. The molecule has 0 fully saturated rings. The molecule has 0 saturated heterocycles. The second kappa shape index (κ2) is 6.86. The third-order valence-electron chi connectivity index (χ3n) is 3.42. The highest BCUT2D eigenvalue weighted by Crippen LogP contribution is 2.23. The van der Waals surface area contributed by atoms with Crippen LogP contribution in [-0.4, -0.2) is 27.3 Å². The van der Waals surface area contributed by atoms with Crippen LogP contribution in [0.3, 0.4) is 0 Å². The molecule has 0 spiro atoms. The quantitative estimate of drug-likeness (QED) is 0.875. The summed E-state index contributed by atoms with van der Waals surface area (Å²) in [6.07, 6.45) is 1.82. The minimum absolute atomic E-state index is 0.179. The summed E-state index contributed by atoms with van der Waals surface area (Å²) in [6, 6.07) is 7.05. The van der Waals surface area contributed by atoms with Crippen LogP contribution in [0, 0.1) is 6.92 Å². The van der Waals surface area contributed by atoms with Crippen LogP contribution in [0.4, 0.5) is 5.69 Å². The van der Waals surface area contributed by atoms with Gasteiger partial charge in [0.1, 0.15) is 5.60 Å². The van der Waals surface area contributed by atoms with E-state index in [9.17, 15) is 9.59 Å². The number of hydrogen-bond acceptors (Lipinski definition) is 4. The smallest absolute Gasteiger partial charge is 0.340 e. The molecule has 6 heteroatoms. The molecule has 2 aromatic rings. The highest BCUT2D eigenvalue weighted by molar-refractivity contribution is 6.02. The first-order chi connectivity index (χ1) is 11.2. The van der Waals surface area contributed by atoms with Gasteiger partial charge in [-0.15, -0.1) is 0 Å². The van der Waals surface area contributed by atoms with Crippen molar-refractivity contribution < 1.29 is 14.3 Å². The van der Waals surface area contributed by atoms with Crippen LogP contribution in [0.25, 0.3) is 0 Å². The van der Waals surface area contributed by atoms with Gasteiger partial charge in [-0.05, 0) is 45.4 Å². The number of carbonyl (C=O) groups excluding carboxylic acids is 2. The number of rotatable bonds is 4. The van der Waals surface area contributed by atoms with Gasteiger partial charge in [0.05, 0.1) is 17.7 Å². The number of anilines is 1. The van der Waals surface area contributed by atoms with Gasteiger partial charge in [-0.2, -0.15) is 5.10 Å². The second-order valence-electron chi connectivity index (χ2n) is 6.67. The summed E-state index contributed by atoms with van der Waals surface area (Å²) < 4.78 is 7.07. The number of nitrogens with zero attached hydrogens (tertiary/aromatic N) is 2. The summed E-state index contributed by atoms with van der Waals surface area (Å²) in [5, 5.41) is 6.87. The van der Waals surface area contributed by atoms with Crippen molar-refractivity contribution in [2.75, 3.05) is 5.32 Å². The Morgan fingerprint density at radius 2 is 1.96 bits per heavy atom. The molecule has 0 radical (unpaired) electrons. The van der Waals surface area contributed by atoms with E-state index in [-0.39, 0.29) is 12.3 Å². The van der Waals surface area contributed by atoms with Crippen molar-refractivity contribution in [2.24, 2.45) is 7.05 Å². The Balaban J connectivity index is 2.22. The molecule has 1 heterocycles. The van der Waals surface area contributed by atoms with Crippen molar-refractivity contribution in [3.63, 3.8) is 0 Å². The molecule has 0 bridgehead atoms. The second-order valence-corrected chi connectivity index (χ2v) is 6.67. The molecule has 24 heavy (non-hydrogen) atoms. The number of aromatic nitrogens is 2. The monoisotopic (exact) mass is 329 g/mol. The number of ether oxygens (including phenoxy) is 1. The van der Waals surface area contributed by atoms with Crippen LogP contribution in [0.15, 0.2) is 30.5 Å². The van der Waals surface area contributed by atoms with Crippen LogP contribution in [0.2, 0.25) is 0 Å². The van der Waals surface area contributed by atoms with E-state index in [1.807, 2.05) is 13.0 Å². The molecule has 128 valence electrons. The van der Waals surface area contributed by atoms with E-state index in [0.717, 1.165) is 11.3 Å². The number of carbonyl (C=O) groups is 2. The van der Waals surface area contributed by atoms with Crippen LogP contribution < -0.4 is 5.32 Å². The predicted molar refractivity (Wildman–Crippen MR) is 91.9 cm³/mol. The Kier molecular flexibility index (Phi) is 5.07. The first-order valence-corrected chi connectivity index (χ1v) is 7.77. The molecule has 2 rings (SSSR count). The Bertz CT molecular complexity index is 757. The third-order valence-corrected chi connectivity index (χ3v) is 3.42. The Morgan fingerprint density at radius 1 is 1.25 bits per heavy atom. The standard InChI is InChI=1S/C18H23N3O3/c1-12-7-6-8-14(17(23)24-18(2,3)4)16(12)20-15(22)11-13-9-10-19-21(13)5/h6-10H,11H2,1-5H3,(H,20,22). The van der Waals surface area contributed by atoms with Crippen LogP contribution in [0.1, 0.15) is 42.4 Å². The van der Waals surface area contributed by atoms with E-state index < -0.39 is 11.6 Å². The minimum atomic E-state index is -0.600. The lowest BCUT2D eigenvalue weighted by atomic mass is 10.1. The minimum Gasteiger partial charge on any atom is -0.456 e. The maximum absolute atomic E-state index is 12.4. The van der Waals surface area contributed by atoms with Crippen molar-refractivity contribution in [3.8, 4) is 0 Å². The summed E-state index contributed by atoms with van der Waals surface area (Å²) >= 11 is 0. The van der Waals surface area contributed by atoms with Gasteiger partial charge in [0.2, 0.25) is 5.91 Å². The lowest BCUT2D eigenvalue weighted by Crippen LogP contribution is -2.25. The number of esters is 1. The highest BCUT2D eigenvalue weighted by Gasteiger charge is 2.22. The van der Waals surface area contributed by atoms with Gasteiger partial charge < -0.3 is 10.1 Å². The molecule has 1 N–H and O–H groups in total. The van der Waals surface area contributed by atoms with Gasteiger partial charge >= 0.3 is 5.97 Å². The van der Waals surface area contributed by atoms with Crippen molar-refractivity contribution in [2.45, 2.75) is 39.7 Å².